The van der Waals surface area contributed by atoms with Gasteiger partial charge in [-0.2, -0.15) is 0 Å². The van der Waals surface area contributed by atoms with E-state index in [1.807, 2.05) is 0 Å². The molecule has 0 unspecified atom stereocenters. The summed E-state index contributed by atoms with van der Waals surface area (Å²) in [6.07, 6.45) is 3.96. The molecule has 2 rings (SSSR count). The van der Waals surface area contributed by atoms with Crippen LogP contribution in [0.2, 0.25) is 0 Å². The van der Waals surface area contributed by atoms with Gasteiger partial charge in [-0.05, 0) is 18.9 Å². The lowest BCUT2D eigenvalue weighted by molar-refractivity contribution is 0.0149. The van der Waals surface area contributed by atoms with Crippen LogP contribution in [0.25, 0.3) is 0 Å². The second-order valence-electron chi connectivity index (χ2n) is 3.52. The Bertz CT molecular complexity index is 221. The van der Waals surface area contributed by atoms with E-state index in [0.29, 0.717) is 5.84 Å². The minimum Gasteiger partial charge on any atom is -0.377 e. The van der Waals surface area contributed by atoms with Crippen LogP contribution in [0, 0.1) is 5.41 Å². The molecule has 3 heteroatoms. The van der Waals surface area contributed by atoms with E-state index in [1.165, 1.54) is 12.8 Å². The first-order valence-corrected chi connectivity index (χ1v) is 4.35. The Morgan fingerprint density at radius 3 is 2.92 bits per heavy atom. The quantitative estimate of drug-likeness (QED) is 0.466. The van der Waals surface area contributed by atoms with Crippen molar-refractivity contribution in [3.63, 3.8) is 0 Å². The van der Waals surface area contributed by atoms with E-state index < -0.39 is 0 Å². The molecule has 0 aromatic carbocycles. The van der Waals surface area contributed by atoms with Gasteiger partial charge in [0.05, 0.1) is 18.8 Å². The average Bonchev–Trinajstić information content (AvgIpc) is 2.85. The number of hydrogen-bond donors (Lipinski definition) is 1. The third-order valence-electron chi connectivity index (χ3n) is 2.71. The number of amidine groups is 1. The summed E-state index contributed by atoms with van der Waals surface area (Å²) in [4.78, 5) is 2.13. The standard InChI is InChI=1S/C9H14N2O/c1-2-8(10)11-5-6-12-7-9(11)3-4-9/h2,10H,1,3-7H2. The molecule has 66 valence electrons. The number of rotatable bonds is 1. The van der Waals surface area contributed by atoms with E-state index in [2.05, 4.69) is 11.5 Å². The fourth-order valence-corrected chi connectivity index (χ4v) is 1.78. The predicted molar refractivity (Wildman–Crippen MR) is 47.4 cm³/mol. The van der Waals surface area contributed by atoms with Crippen molar-refractivity contribution in [1.29, 1.82) is 5.41 Å². The molecule has 2 aliphatic rings. The molecule has 3 nitrogen and oxygen atoms in total. The maximum absolute atomic E-state index is 7.68. The van der Waals surface area contributed by atoms with Crippen LogP contribution < -0.4 is 0 Å². The maximum Gasteiger partial charge on any atom is 0.120 e. The molecule has 0 aromatic heterocycles. The van der Waals surface area contributed by atoms with E-state index >= 15 is 0 Å². The zero-order valence-corrected chi connectivity index (χ0v) is 7.18. The van der Waals surface area contributed by atoms with Crippen LogP contribution in [0.3, 0.4) is 0 Å². The lowest BCUT2D eigenvalue weighted by Gasteiger charge is -2.37. The van der Waals surface area contributed by atoms with Crippen LogP contribution in [0.1, 0.15) is 12.8 Å². The van der Waals surface area contributed by atoms with Gasteiger partial charge in [-0.3, -0.25) is 5.41 Å². The fraction of sp³-hybridized carbons (Fsp3) is 0.667. The summed E-state index contributed by atoms with van der Waals surface area (Å²) in [5.74, 6) is 0.552. The second-order valence-corrected chi connectivity index (χ2v) is 3.52. The van der Waals surface area contributed by atoms with Gasteiger partial charge < -0.3 is 9.64 Å². The molecule has 1 aliphatic heterocycles. The zero-order chi connectivity index (χ0) is 8.60. The van der Waals surface area contributed by atoms with Gasteiger partial charge in [-0.15, -0.1) is 0 Å². The molecule has 0 radical (unpaired) electrons. The van der Waals surface area contributed by atoms with Crippen molar-refractivity contribution >= 4 is 5.84 Å². The van der Waals surface area contributed by atoms with Crippen molar-refractivity contribution in [2.24, 2.45) is 0 Å². The Kier molecular flexibility index (Phi) is 1.68. The van der Waals surface area contributed by atoms with Crippen molar-refractivity contribution in [1.82, 2.24) is 4.90 Å². The topological polar surface area (TPSA) is 36.3 Å². The van der Waals surface area contributed by atoms with Gasteiger partial charge >= 0.3 is 0 Å². The summed E-state index contributed by atoms with van der Waals surface area (Å²) >= 11 is 0. The van der Waals surface area contributed by atoms with Crippen LogP contribution in [-0.2, 0) is 4.74 Å². The highest BCUT2D eigenvalue weighted by Crippen LogP contribution is 2.43. The molecule has 0 bridgehead atoms. The van der Waals surface area contributed by atoms with Gasteiger partial charge in [0.15, 0.2) is 0 Å². The summed E-state index contributed by atoms with van der Waals surface area (Å²) in [6.45, 7) is 6.02. The van der Waals surface area contributed by atoms with Crippen molar-refractivity contribution < 1.29 is 4.74 Å². The molecule has 1 N–H and O–H groups in total. The highest BCUT2D eigenvalue weighted by Gasteiger charge is 2.50. The van der Waals surface area contributed by atoms with E-state index in [9.17, 15) is 0 Å². The Hall–Kier alpha value is -0.830. The first kappa shape index (κ1) is 7.80. The average molecular weight is 166 g/mol. The minimum absolute atomic E-state index is 0.184. The van der Waals surface area contributed by atoms with Crippen LogP contribution in [-0.4, -0.2) is 36.0 Å². The van der Waals surface area contributed by atoms with Crippen LogP contribution >= 0.6 is 0 Å². The Balaban J connectivity index is 2.11. The molecular formula is C9H14N2O. The summed E-state index contributed by atoms with van der Waals surface area (Å²) in [5.41, 5.74) is 0.184. The summed E-state index contributed by atoms with van der Waals surface area (Å²) in [5, 5.41) is 7.68. The monoisotopic (exact) mass is 166 g/mol. The molecule has 1 aliphatic carbocycles. The second kappa shape index (κ2) is 2.59. The lowest BCUT2D eigenvalue weighted by atomic mass is 10.2. The van der Waals surface area contributed by atoms with Crippen molar-refractivity contribution in [2.45, 2.75) is 18.4 Å². The number of nitrogens with zero attached hydrogens (tertiary/aromatic N) is 1. The lowest BCUT2D eigenvalue weighted by Crippen LogP contribution is -2.49. The molecule has 1 spiro atoms. The summed E-state index contributed by atoms with van der Waals surface area (Å²) in [7, 11) is 0. The SMILES string of the molecule is C=CC(=N)N1CCOCC12CC2. The molecule has 1 heterocycles. The molecule has 0 aromatic rings. The first-order chi connectivity index (χ1) is 5.78. The van der Waals surface area contributed by atoms with E-state index in [-0.39, 0.29) is 5.54 Å². The van der Waals surface area contributed by atoms with Gasteiger partial charge in [0.25, 0.3) is 0 Å². The maximum atomic E-state index is 7.68. The molecule has 0 amide bonds. The highest BCUT2D eigenvalue weighted by atomic mass is 16.5. The fourth-order valence-electron chi connectivity index (χ4n) is 1.78. The number of nitrogens with one attached hydrogen (secondary N) is 1. The number of morpholine rings is 1. The Morgan fingerprint density at radius 2 is 2.33 bits per heavy atom. The minimum atomic E-state index is 0.184. The van der Waals surface area contributed by atoms with E-state index in [0.717, 1.165) is 19.8 Å². The molecule has 2 fully saturated rings. The third kappa shape index (κ3) is 1.05. The first-order valence-electron chi connectivity index (χ1n) is 4.35. The van der Waals surface area contributed by atoms with E-state index in [1.54, 1.807) is 6.08 Å². The van der Waals surface area contributed by atoms with E-state index in [4.69, 9.17) is 10.1 Å². The van der Waals surface area contributed by atoms with Crippen molar-refractivity contribution in [2.75, 3.05) is 19.8 Å². The molecule has 1 saturated heterocycles. The summed E-state index contributed by atoms with van der Waals surface area (Å²) in [6, 6.07) is 0. The van der Waals surface area contributed by atoms with Gasteiger partial charge in [0.2, 0.25) is 0 Å². The largest absolute Gasteiger partial charge is 0.377 e. The predicted octanol–water partition coefficient (Wildman–Crippen LogP) is 1.01. The molecule has 0 atom stereocenters. The zero-order valence-electron chi connectivity index (χ0n) is 7.18. The third-order valence-corrected chi connectivity index (χ3v) is 2.71. The normalized spacial score (nSPS) is 25.5. The molecule has 1 saturated carbocycles. The Morgan fingerprint density at radius 1 is 1.58 bits per heavy atom. The molecule has 12 heavy (non-hydrogen) atoms. The summed E-state index contributed by atoms with van der Waals surface area (Å²) < 4.78 is 5.40. The van der Waals surface area contributed by atoms with Crippen LogP contribution in [0.15, 0.2) is 12.7 Å². The number of hydrogen-bond acceptors (Lipinski definition) is 2. The van der Waals surface area contributed by atoms with Crippen molar-refractivity contribution in [3.8, 4) is 0 Å². The van der Waals surface area contributed by atoms with Crippen molar-refractivity contribution in [3.05, 3.63) is 12.7 Å². The van der Waals surface area contributed by atoms with Gasteiger partial charge in [-0.25, -0.2) is 0 Å². The Labute approximate surface area is 72.5 Å². The number of ether oxygens (including phenoxy) is 1. The van der Waals surface area contributed by atoms with Gasteiger partial charge in [0, 0.05) is 6.54 Å². The highest BCUT2D eigenvalue weighted by molar-refractivity contribution is 5.90. The van der Waals surface area contributed by atoms with Crippen LogP contribution in [0.4, 0.5) is 0 Å². The smallest absolute Gasteiger partial charge is 0.120 e. The van der Waals surface area contributed by atoms with Gasteiger partial charge in [-0.1, -0.05) is 6.58 Å². The molecular weight excluding hydrogens is 152 g/mol. The van der Waals surface area contributed by atoms with Gasteiger partial charge in [0.1, 0.15) is 5.84 Å². The van der Waals surface area contributed by atoms with Crippen LogP contribution in [0.5, 0.6) is 0 Å².